The molecule has 0 spiro atoms. The van der Waals surface area contributed by atoms with Crippen molar-refractivity contribution in [1.82, 2.24) is 5.32 Å². The summed E-state index contributed by atoms with van der Waals surface area (Å²) in [4.78, 5) is 13.4. The van der Waals surface area contributed by atoms with Crippen LogP contribution < -0.4 is 10.2 Å². The van der Waals surface area contributed by atoms with E-state index in [1.54, 1.807) is 6.07 Å². The van der Waals surface area contributed by atoms with Crippen LogP contribution in [0.15, 0.2) is 29.6 Å². The molecule has 2 atom stereocenters. The maximum atomic E-state index is 14.0. The number of nitrogens with zero attached hydrogens (tertiary/aromatic N) is 1. The number of halogens is 2. The lowest BCUT2D eigenvalue weighted by Crippen LogP contribution is -2.43. The Balaban J connectivity index is 1.54. The molecule has 27 heavy (non-hydrogen) atoms. The van der Waals surface area contributed by atoms with Crippen molar-refractivity contribution in [3.8, 4) is 0 Å². The van der Waals surface area contributed by atoms with Gasteiger partial charge in [0.2, 0.25) is 0 Å². The van der Waals surface area contributed by atoms with Gasteiger partial charge in [0, 0.05) is 25.0 Å². The van der Waals surface area contributed by atoms with Gasteiger partial charge in [-0.15, -0.1) is 11.3 Å². The zero-order valence-electron chi connectivity index (χ0n) is 14.8. The molecule has 2 bridgehead atoms. The highest BCUT2D eigenvalue weighted by Gasteiger charge is 2.35. The molecule has 2 saturated heterocycles. The van der Waals surface area contributed by atoms with Gasteiger partial charge in [0.25, 0.3) is 0 Å². The van der Waals surface area contributed by atoms with Gasteiger partial charge in [-0.2, -0.15) is 0 Å². The third-order valence-corrected chi connectivity index (χ3v) is 6.58. The molecule has 2 fully saturated rings. The molecule has 2 aliphatic heterocycles. The summed E-state index contributed by atoms with van der Waals surface area (Å²) in [5.74, 6) is -0.658. The number of hydrogen-bond acceptors (Lipinski definition) is 3. The second-order valence-corrected chi connectivity index (χ2v) is 8.43. The van der Waals surface area contributed by atoms with Gasteiger partial charge >= 0.3 is 6.09 Å². The van der Waals surface area contributed by atoms with Crippen molar-refractivity contribution in [2.24, 2.45) is 5.92 Å². The van der Waals surface area contributed by atoms with Crippen LogP contribution in [0, 0.1) is 17.6 Å². The van der Waals surface area contributed by atoms with E-state index in [9.17, 15) is 18.7 Å². The largest absolute Gasteiger partial charge is 0.465 e. The predicted octanol–water partition coefficient (Wildman–Crippen LogP) is 4.63. The van der Waals surface area contributed by atoms with E-state index in [0.29, 0.717) is 35.1 Å². The maximum Gasteiger partial charge on any atom is 0.412 e. The average molecular weight is 392 g/mol. The lowest BCUT2D eigenvalue weighted by molar-refractivity contribution is 0.198. The monoisotopic (exact) mass is 392 g/mol. The summed E-state index contributed by atoms with van der Waals surface area (Å²) in [5, 5.41) is 15.8. The van der Waals surface area contributed by atoms with Crippen LogP contribution in [0.3, 0.4) is 0 Å². The summed E-state index contributed by atoms with van der Waals surface area (Å²) in [7, 11) is 0. The Labute approximate surface area is 160 Å². The molecule has 4 rings (SSSR count). The highest BCUT2D eigenvalue weighted by Crippen LogP contribution is 2.35. The van der Waals surface area contributed by atoms with Crippen LogP contribution in [0.1, 0.15) is 36.8 Å². The van der Waals surface area contributed by atoms with Gasteiger partial charge < -0.3 is 10.4 Å². The van der Waals surface area contributed by atoms with E-state index in [2.05, 4.69) is 5.32 Å². The van der Waals surface area contributed by atoms with Crippen LogP contribution in [0.25, 0.3) is 0 Å². The zero-order chi connectivity index (χ0) is 19.0. The van der Waals surface area contributed by atoms with E-state index in [0.717, 1.165) is 37.8 Å². The fourth-order valence-electron chi connectivity index (χ4n) is 4.41. The first-order valence-corrected chi connectivity index (χ1v) is 10.1. The SMILES string of the molecule is O=C(O)N(CC1CC2CCC(C1)N2)c1sccc1Cc1cc(F)ccc1F. The number of piperidine rings is 1. The summed E-state index contributed by atoms with van der Waals surface area (Å²) in [5.41, 5.74) is 0.948. The molecule has 4 nitrogen and oxygen atoms in total. The Morgan fingerprint density at radius 1 is 1.19 bits per heavy atom. The molecule has 0 saturated carbocycles. The molecule has 7 heteroatoms. The number of carbonyl (C=O) groups is 1. The van der Waals surface area contributed by atoms with Gasteiger partial charge in [-0.05, 0) is 72.4 Å². The fraction of sp³-hybridized carbons (Fsp3) is 0.450. The molecular formula is C20H22F2N2O2S. The van der Waals surface area contributed by atoms with Gasteiger partial charge in [-0.3, -0.25) is 4.90 Å². The molecule has 0 radical (unpaired) electrons. The van der Waals surface area contributed by atoms with Gasteiger partial charge in [-0.1, -0.05) is 0 Å². The van der Waals surface area contributed by atoms with Crippen LogP contribution >= 0.6 is 11.3 Å². The number of rotatable bonds is 5. The molecule has 2 unspecified atom stereocenters. The van der Waals surface area contributed by atoms with E-state index in [1.807, 2.05) is 5.38 Å². The predicted molar refractivity (Wildman–Crippen MR) is 102 cm³/mol. The zero-order valence-corrected chi connectivity index (χ0v) is 15.6. The van der Waals surface area contributed by atoms with Gasteiger partial charge in [0.15, 0.2) is 0 Å². The standard InChI is InChI=1S/C20H22F2N2O2S/c21-15-1-4-18(22)14(10-15)9-13-5-6-27-19(13)24(20(25)26)11-12-7-16-2-3-17(8-12)23-16/h1,4-6,10,12,16-17,23H,2-3,7-9,11H2,(H,25,26). The molecule has 2 aromatic rings. The van der Waals surface area contributed by atoms with Crippen molar-refractivity contribution in [2.45, 2.75) is 44.2 Å². The van der Waals surface area contributed by atoms with E-state index >= 15 is 0 Å². The second kappa shape index (κ2) is 7.56. The number of fused-ring (bicyclic) bond motifs is 2. The molecule has 2 N–H and O–H groups in total. The Morgan fingerprint density at radius 2 is 1.93 bits per heavy atom. The van der Waals surface area contributed by atoms with Gasteiger partial charge in [0.1, 0.15) is 16.6 Å². The van der Waals surface area contributed by atoms with Crippen LogP contribution in [-0.2, 0) is 6.42 Å². The van der Waals surface area contributed by atoms with Crippen molar-refractivity contribution in [2.75, 3.05) is 11.4 Å². The summed E-state index contributed by atoms with van der Waals surface area (Å²) in [6, 6.07) is 6.15. The molecule has 3 heterocycles. The van der Waals surface area contributed by atoms with Crippen LogP contribution in [-0.4, -0.2) is 29.8 Å². The minimum Gasteiger partial charge on any atom is -0.465 e. The molecule has 2 aliphatic rings. The number of thiophene rings is 1. The molecule has 1 amide bonds. The minimum absolute atomic E-state index is 0.170. The van der Waals surface area contributed by atoms with Crippen molar-refractivity contribution in [3.63, 3.8) is 0 Å². The Morgan fingerprint density at radius 3 is 2.63 bits per heavy atom. The highest BCUT2D eigenvalue weighted by atomic mass is 32.1. The van der Waals surface area contributed by atoms with Crippen LogP contribution in [0.4, 0.5) is 18.6 Å². The molecular weight excluding hydrogens is 370 g/mol. The van der Waals surface area contributed by atoms with Crippen molar-refractivity contribution in [3.05, 3.63) is 52.4 Å². The highest BCUT2D eigenvalue weighted by molar-refractivity contribution is 7.14. The average Bonchev–Trinajstić information content (AvgIpc) is 3.22. The van der Waals surface area contributed by atoms with Crippen molar-refractivity contribution >= 4 is 22.4 Å². The topological polar surface area (TPSA) is 52.6 Å². The first-order chi connectivity index (χ1) is 13.0. The van der Waals surface area contributed by atoms with Crippen LogP contribution in [0.2, 0.25) is 0 Å². The first kappa shape index (κ1) is 18.4. The second-order valence-electron chi connectivity index (χ2n) is 7.53. The first-order valence-electron chi connectivity index (χ1n) is 9.26. The number of hydrogen-bond donors (Lipinski definition) is 2. The van der Waals surface area contributed by atoms with E-state index in [4.69, 9.17) is 0 Å². The van der Waals surface area contributed by atoms with Gasteiger partial charge in [0.05, 0.1) is 0 Å². The molecule has 0 aliphatic carbocycles. The van der Waals surface area contributed by atoms with E-state index in [-0.39, 0.29) is 12.0 Å². The smallest absolute Gasteiger partial charge is 0.412 e. The number of anilines is 1. The lowest BCUT2D eigenvalue weighted by Gasteiger charge is -2.32. The lowest BCUT2D eigenvalue weighted by atomic mass is 9.92. The summed E-state index contributed by atoms with van der Waals surface area (Å²) in [6.45, 7) is 0.448. The third kappa shape index (κ3) is 3.99. The molecule has 144 valence electrons. The number of benzene rings is 1. The Hall–Kier alpha value is -1.99. The van der Waals surface area contributed by atoms with E-state index < -0.39 is 17.7 Å². The van der Waals surface area contributed by atoms with Crippen molar-refractivity contribution < 1.29 is 18.7 Å². The maximum absolute atomic E-state index is 14.0. The Bertz CT molecular complexity index is 829. The normalized spacial score (nSPS) is 24.1. The number of amides is 1. The summed E-state index contributed by atoms with van der Waals surface area (Å²) < 4.78 is 27.5. The van der Waals surface area contributed by atoms with Crippen molar-refractivity contribution in [1.29, 1.82) is 0 Å². The summed E-state index contributed by atoms with van der Waals surface area (Å²) in [6.07, 6.45) is 3.47. The number of nitrogens with one attached hydrogen (secondary N) is 1. The molecule has 1 aromatic heterocycles. The quantitative estimate of drug-likeness (QED) is 0.780. The number of carboxylic acid groups (broad SMARTS) is 1. The van der Waals surface area contributed by atoms with Gasteiger partial charge in [-0.25, -0.2) is 13.6 Å². The summed E-state index contributed by atoms with van der Waals surface area (Å²) >= 11 is 1.33. The minimum atomic E-state index is -0.996. The Kier molecular flexibility index (Phi) is 5.14. The van der Waals surface area contributed by atoms with Crippen LogP contribution in [0.5, 0.6) is 0 Å². The molecule has 1 aromatic carbocycles. The van der Waals surface area contributed by atoms with E-state index in [1.165, 1.54) is 22.3 Å². The third-order valence-electron chi connectivity index (χ3n) is 5.60. The fourth-order valence-corrected chi connectivity index (χ4v) is 5.35.